The Balaban J connectivity index is 3.27. The highest BCUT2D eigenvalue weighted by molar-refractivity contribution is 7.99. The summed E-state index contributed by atoms with van der Waals surface area (Å²) in [5.74, 6) is 0.547. The standard InChI is InChI=1S/C9H8ClF3N2OS/c1-2-17-6-3-5(9(11,12)13)4-14-7(6)8(10)15-16/h3-4,16H,2H2,1H3/b15-8+. The van der Waals surface area contributed by atoms with E-state index in [9.17, 15) is 13.2 Å². The lowest BCUT2D eigenvalue weighted by molar-refractivity contribution is -0.138. The zero-order chi connectivity index (χ0) is 13.1. The zero-order valence-corrected chi connectivity index (χ0v) is 10.2. The molecular weight excluding hydrogens is 277 g/mol. The van der Waals surface area contributed by atoms with Gasteiger partial charge in [-0.25, -0.2) is 0 Å². The normalized spacial score (nSPS) is 12.9. The van der Waals surface area contributed by atoms with E-state index < -0.39 is 11.7 Å². The number of hydrogen-bond donors (Lipinski definition) is 1. The third kappa shape index (κ3) is 3.50. The maximum absolute atomic E-state index is 12.5. The van der Waals surface area contributed by atoms with Crippen LogP contribution in [0.4, 0.5) is 13.2 Å². The van der Waals surface area contributed by atoms with E-state index in [1.54, 1.807) is 6.92 Å². The highest BCUT2D eigenvalue weighted by atomic mass is 35.5. The van der Waals surface area contributed by atoms with E-state index in [2.05, 4.69) is 10.1 Å². The molecule has 3 nitrogen and oxygen atoms in total. The van der Waals surface area contributed by atoms with Crippen molar-refractivity contribution in [2.24, 2.45) is 5.16 Å². The molecule has 0 aliphatic rings. The first-order valence-corrected chi connectivity index (χ1v) is 5.84. The minimum absolute atomic E-state index is 0.0361. The molecule has 0 saturated carbocycles. The maximum atomic E-state index is 12.5. The van der Waals surface area contributed by atoms with Gasteiger partial charge in [0.25, 0.3) is 0 Å². The highest BCUT2D eigenvalue weighted by Crippen LogP contribution is 2.33. The molecule has 0 spiro atoms. The summed E-state index contributed by atoms with van der Waals surface area (Å²) in [6.45, 7) is 1.78. The summed E-state index contributed by atoms with van der Waals surface area (Å²) in [5, 5.41) is 10.9. The molecule has 1 rings (SSSR count). The van der Waals surface area contributed by atoms with Crippen LogP contribution in [0.25, 0.3) is 0 Å². The van der Waals surface area contributed by atoms with Gasteiger partial charge in [0.05, 0.1) is 5.56 Å². The Kier molecular flexibility index (Phi) is 4.64. The monoisotopic (exact) mass is 284 g/mol. The van der Waals surface area contributed by atoms with Crippen LogP contribution in [0.15, 0.2) is 22.3 Å². The number of pyridine rings is 1. The third-order valence-corrected chi connectivity index (χ3v) is 2.93. The lowest BCUT2D eigenvalue weighted by Crippen LogP contribution is -2.08. The molecular formula is C9H8ClF3N2OS. The predicted octanol–water partition coefficient (Wildman–Crippen LogP) is 3.59. The number of nitrogens with zero attached hydrogens (tertiary/aromatic N) is 2. The van der Waals surface area contributed by atoms with E-state index in [1.807, 2.05) is 0 Å². The Bertz CT molecular complexity index is 437. The topological polar surface area (TPSA) is 45.5 Å². The number of thioether (sulfide) groups is 1. The van der Waals surface area contributed by atoms with Crippen LogP contribution in [0.1, 0.15) is 18.2 Å². The fraction of sp³-hybridized carbons (Fsp3) is 0.333. The maximum Gasteiger partial charge on any atom is 0.417 e. The third-order valence-electron chi connectivity index (χ3n) is 1.76. The van der Waals surface area contributed by atoms with Crippen molar-refractivity contribution in [2.45, 2.75) is 18.0 Å². The van der Waals surface area contributed by atoms with E-state index in [4.69, 9.17) is 16.8 Å². The van der Waals surface area contributed by atoms with Crippen molar-refractivity contribution in [3.8, 4) is 0 Å². The molecule has 0 bridgehead atoms. The Labute approximate surface area is 105 Å². The molecule has 0 aliphatic heterocycles. The van der Waals surface area contributed by atoms with Crippen LogP contribution in [0.5, 0.6) is 0 Å². The van der Waals surface area contributed by atoms with E-state index in [-0.39, 0.29) is 15.8 Å². The fourth-order valence-electron chi connectivity index (χ4n) is 1.07. The van der Waals surface area contributed by atoms with Gasteiger partial charge in [0.15, 0.2) is 5.17 Å². The SMILES string of the molecule is CCSc1cc(C(F)(F)F)cnc1/C(Cl)=N\O. The first-order chi connectivity index (χ1) is 7.90. The van der Waals surface area contributed by atoms with Crippen LogP contribution in [0.3, 0.4) is 0 Å². The molecule has 1 aromatic rings. The molecule has 0 atom stereocenters. The quantitative estimate of drug-likeness (QED) is 0.399. The number of alkyl halides is 3. The Morgan fingerprint density at radius 3 is 2.71 bits per heavy atom. The van der Waals surface area contributed by atoms with Crippen molar-refractivity contribution < 1.29 is 18.4 Å². The largest absolute Gasteiger partial charge is 0.417 e. The van der Waals surface area contributed by atoms with Gasteiger partial charge in [-0.05, 0) is 11.8 Å². The van der Waals surface area contributed by atoms with Crippen molar-refractivity contribution in [1.29, 1.82) is 0 Å². The number of rotatable bonds is 3. The van der Waals surface area contributed by atoms with Gasteiger partial charge >= 0.3 is 6.18 Å². The van der Waals surface area contributed by atoms with Gasteiger partial charge in [0, 0.05) is 11.1 Å². The predicted molar refractivity (Wildman–Crippen MR) is 59.8 cm³/mol. The summed E-state index contributed by atoms with van der Waals surface area (Å²) in [4.78, 5) is 3.80. The molecule has 0 unspecified atom stereocenters. The van der Waals surface area contributed by atoms with Gasteiger partial charge in [-0.15, -0.1) is 11.8 Å². The van der Waals surface area contributed by atoms with E-state index in [0.29, 0.717) is 11.9 Å². The molecule has 1 N–H and O–H groups in total. The summed E-state index contributed by atoms with van der Waals surface area (Å²) < 4.78 is 37.4. The molecule has 1 heterocycles. The number of oxime groups is 1. The van der Waals surface area contributed by atoms with Gasteiger partial charge in [0.2, 0.25) is 0 Å². The van der Waals surface area contributed by atoms with Crippen molar-refractivity contribution in [2.75, 3.05) is 5.75 Å². The second-order valence-electron chi connectivity index (χ2n) is 2.89. The van der Waals surface area contributed by atoms with Crippen LogP contribution >= 0.6 is 23.4 Å². The summed E-state index contributed by atoms with van der Waals surface area (Å²) >= 11 is 6.68. The van der Waals surface area contributed by atoms with E-state index in [1.165, 1.54) is 0 Å². The number of aromatic nitrogens is 1. The van der Waals surface area contributed by atoms with Gasteiger partial charge in [-0.3, -0.25) is 4.98 Å². The summed E-state index contributed by atoms with van der Waals surface area (Å²) in [6.07, 6.45) is -3.81. The molecule has 0 aliphatic carbocycles. The zero-order valence-electron chi connectivity index (χ0n) is 8.62. The molecule has 17 heavy (non-hydrogen) atoms. The lowest BCUT2D eigenvalue weighted by atomic mass is 10.2. The van der Waals surface area contributed by atoms with E-state index in [0.717, 1.165) is 17.8 Å². The lowest BCUT2D eigenvalue weighted by Gasteiger charge is -2.10. The fourth-order valence-corrected chi connectivity index (χ4v) is 2.08. The van der Waals surface area contributed by atoms with Crippen molar-refractivity contribution in [3.05, 3.63) is 23.5 Å². The van der Waals surface area contributed by atoms with Gasteiger partial charge in [-0.1, -0.05) is 23.7 Å². The van der Waals surface area contributed by atoms with Gasteiger partial charge in [-0.2, -0.15) is 13.2 Å². The molecule has 0 fully saturated rings. The minimum Gasteiger partial charge on any atom is -0.410 e. The first-order valence-electron chi connectivity index (χ1n) is 4.48. The van der Waals surface area contributed by atoms with Crippen molar-refractivity contribution in [1.82, 2.24) is 4.98 Å². The summed E-state index contributed by atoms with van der Waals surface area (Å²) in [5.41, 5.74) is -0.825. The Morgan fingerprint density at radius 2 is 2.24 bits per heavy atom. The minimum atomic E-state index is -4.46. The highest BCUT2D eigenvalue weighted by Gasteiger charge is 2.32. The molecule has 94 valence electrons. The average molecular weight is 285 g/mol. The van der Waals surface area contributed by atoms with Gasteiger partial charge < -0.3 is 5.21 Å². The van der Waals surface area contributed by atoms with Crippen molar-refractivity contribution in [3.63, 3.8) is 0 Å². The average Bonchev–Trinajstić information content (AvgIpc) is 2.27. The summed E-state index contributed by atoms with van der Waals surface area (Å²) in [7, 11) is 0. The molecule has 0 aromatic carbocycles. The Hall–Kier alpha value is -0.950. The molecule has 1 aromatic heterocycles. The van der Waals surface area contributed by atoms with Crippen LogP contribution in [0, 0.1) is 0 Å². The number of hydrogen-bond acceptors (Lipinski definition) is 4. The smallest absolute Gasteiger partial charge is 0.410 e. The van der Waals surface area contributed by atoms with Crippen LogP contribution in [0.2, 0.25) is 0 Å². The van der Waals surface area contributed by atoms with Crippen molar-refractivity contribution >= 4 is 28.5 Å². The second-order valence-corrected chi connectivity index (χ2v) is 4.56. The van der Waals surface area contributed by atoms with Crippen LogP contribution < -0.4 is 0 Å². The molecule has 0 saturated heterocycles. The summed E-state index contributed by atoms with van der Waals surface area (Å²) in [6, 6.07) is 0.935. The molecule has 0 radical (unpaired) electrons. The Morgan fingerprint density at radius 1 is 1.59 bits per heavy atom. The molecule has 0 amide bonds. The first kappa shape index (κ1) is 14.1. The molecule has 8 heteroatoms. The second kappa shape index (κ2) is 5.59. The van der Waals surface area contributed by atoms with Crippen LogP contribution in [-0.4, -0.2) is 21.1 Å². The van der Waals surface area contributed by atoms with Crippen LogP contribution in [-0.2, 0) is 6.18 Å². The van der Waals surface area contributed by atoms with E-state index >= 15 is 0 Å². The number of halogens is 4. The van der Waals surface area contributed by atoms with Gasteiger partial charge in [0.1, 0.15) is 5.69 Å².